The maximum atomic E-state index is 5.91. The number of hydrogen-bond donors (Lipinski definition) is 1. The van der Waals surface area contributed by atoms with Gasteiger partial charge in [-0.15, -0.1) is 23.2 Å². The van der Waals surface area contributed by atoms with Crippen molar-refractivity contribution in [3.8, 4) is 0 Å². The summed E-state index contributed by atoms with van der Waals surface area (Å²) in [4.78, 5) is 0. The lowest BCUT2D eigenvalue weighted by Crippen LogP contribution is -2.18. The molecule has 0 amide bonds. The average Bonchev–Trinajstić information content (AvgIpc) is 2.76. The van der Waals surface area contributed by atoms with Crippen LogP contribution in [0, 0.1) is 5.92 Å². The Bertz CT molecular complexity index is 297. The first-order chi connectivity index (χ1) is 6.68. The highest BCUT2D eigenvalue weighted by molar-refractivity contribution is 6.50. The second-order valence-corrected chi connectivity index (χ2v) is 5.32. The largest absolute Gasteiger partial charge is 0.312 e. The molecule has 0 heterocycles. The molecule has 76 valence electrons. The maximum absolute atomic E-state index is 5.91. The van der Waals surface area contributed by atoms with Crippen molar-refractivity contribution in [3.63, 3.8) is 0 Å². The van der Waals surface area contributed by atoms with Gasteiger partial charge in [-0.2, -0.15) is 0 Å². The summed E-state index contributed by atoms with van der Waals surface area (Å²) in [6.45, 7) is 1.79. The van der Waals surface area contributed by atoms with Crippen molar-refractivity contribution in [2.75, 3.05) is 6.54 Å². The Morgan fingerprint density at radius 1 is 1.29 bits per heavy atom. The summed E-state index contributed by atoms with van der Waals surface area (Å²) in [6, 6.07) is 10.3. The van der Waals surface area contributed by atoms with Crippen LogP contribution in [0.5, 0.6) is 0 Å². The summed E-state index contributed by atoms with van der Waals surface area (Å²) in [5.41, 5.74) is 1.29. The van der Waals surface area contributed by atoms with Gasteiger partial charge in [0.2, 0.25) is 0 Å². The summed E-state index contributed by atoms with van der Waals surface area (Å²) in [5, 5.41) is 3.35. The monoisotopic (exact) mass is 229 g/mol. The zero-order valence-corrected chi connectivity index (χ0v) is 9.35. The molecule has 0 radical (unpaired) electrons. The molecular weight excluding hydrogens is 217 g/mol. The third-order valence-corrected chi connectivity index (χ3v) is 3.44. The van der Waals surface area contributed by atoms with Crippen LogP contribution >= 0.6 is 23.2 Å². The minimum absolute atomic E-state index is 0.426. The van der Waals surface area contributed by atoms with Crippen LogP contribution in [-0.2, 0) is 6.54 Å². The summed E-state index contributed by atoms with van der Waals surface area (Å²) in [6.07, 6.45) is 0.915. The number of rotatable bonds is 4. The molecule has 1 aromatic carbocycles. The van der Waals surface area contributed by atoms with E-state index in [-0.39, 0.29) is 0 Å². The number of halogens is 2. The van der Waals surface area contributed by atoms with E-state index in [1.54, 1.807) is 0 Å². The smallest absolute Gasteiger partial charge is 0.122 e. The molecular formula is C11H13Cl2N. The van der Waals surface area contributed by atoms with Crippen LogP contribution in [0.2, 0.25) is 0 Å². The summed E-state index contributed by atoms with van der Waals surface area (Å²) in [5.74, 6) is 0.426. The van der Waals surface area contributed by atoms with Crippen molar-refractivity contribution in [2.45, 2.75) is 17.3 Å². The van der Waals surface area contributed by atoms with E-state index in [0.29, 0.717) is 5.92 Å². The molecule has 0 saturated heterocycles. The van der Waals surface area contributed by atoms with Gasteiger partial charge in [0.05, 0.1) is 0 Å². The van der Waals surface area contributed by atoms with Gasteiger partial charge in [-0.1, -0.05) is 30.3 Å². The molecule has 2 rings (SSSR count). The van der Waals surface area contributed by atoms with Crippen molar-refractivity contribution in [3.05, 3.63) is 35.9 Å². The van der Waals surface area contributed by atoms with Gasteiger partial charge in [-0.05, 0) is 12.0 Å². The third kappa shape index (κ3) is 2.63. The van der Waals surface area contributed by atoms with E-state index in [1.807, 2.05) is 18.2 Å². The van der Waals surface area contributed by atoms with Crippen LogP contribution in [0.15, 0.2) is 30.3 Å². The highest BCUT2D eigenvalue weighted by Gasteiger charge is 2.50. The van der Waals surface area contributed by atoms with Gasteiger partial charge < -0.3 is 5.32 Å². The quantitative estimate of drug-likeness (QED) is 0.784. The molecule has 1 fully saturated rings. The summed E-state index contributed by atoms with van der Waals surface area (Å²) < 4.78 is -0.455. The molecule has 1 saturated carbocycles. The van der Waals surface area contributed by atoms with Crippen molar-refractivity contribution >= 4 is 23.2 Å². The molecule has 1 atom stereocenters. The number of hydrogen-bond acceptors (Lipinski definition) is 1. The molecule has 1 aromatic rings. The predicted molar refractivity (Wildman–Crippen MR) is 60.7 cm³/mol. The fourth-order valence-electron chi connectivity index (χ4n) is 1.48. The van der Waals surface area contributed by atoms with Gasteiger partial charge in [0, 0.05) is 19.0 Å². The van der Waals surface area contributed by atoms with Crippen molar-refractivity contribution in [1.82, 2.24) is 5.32 Å². The first-order valence-electron chi connectivity index (χ1n) is 4.81. The van der Waals surface area contributed by atoms with Gasteiger partial charge in [0.15, 0.2) is 0 Å². The number of nitrogens with one attached hydrogen (secondary N) is 1. The minimum atomic E-state index is -0.455. The highest BCUT2D eigenvalue weighted by atomic mass is 35.5. The van der Waals surface area contributed by atoms with Crippen LogP contribution in [0.4, 0.5) is 0 Å². The molecule has 0 spiro atoms. The van der Waals surface area contributed by atoms with E-state index < -0.39 is 4.33 Å². The molecule has 0 bridgehead atoms. The van der Waals surface area contributed by atoms with Crippen LogP contribution in [0.25, 0.3) is 0 Å². The molecule has 1 unspecified atom stereocenters. The van der Waals surface area contributed by atoms with Gasteiger partial charge in [0.25, 0.3) is 0 Å². The lowest BCUT2D eigenvalue weighted by atomic mass is 10.2. The number of benzene rings is 1. The predicted octanol–water partition coefficient (Wildman–Crippen LogP) is 2.97. The Balaban J connectivity index is 1.69. The Morgan fingerprint density at radius 2 is 1.93 bits per heavy atom. The Kier molecular flexibility index (Phi) is 3.01. The lowest BCUT2D eigenvalue weighted by molar-refractivity contribution is 0.634. The zero-order chi connectivity index (χ0) is 10.0. The second kappa shape index (κ2) is 4.09. The van der Waals surface area contributed by atoms with E-state index in [4.69, 9.17) is 23.2 Å². The van der Waals surface area contributed by atoms with Crippen LogP contribution in [0.3, 0.4) is 0 Å². The molecule has 1 nitrogen and oxygen atoms in total. The van der Waals surface area contributed by atoms with Crippen molar-refractivity contribution in [1.29, 1.82) is 0 Å². The van der Waals surface area contributed by atoms with Crippen LogP contribution in [0.1, 0.15) is 12.0 Å². The zero-order valence-electron chi connectivity index (χ0n) is 7.84. The van der Waals surface area contributed by atoms with Crippen molar-refractivity contribution < 1.29 is 0 Å². The summed E-state index contributed by atoms with van der Waals surface area (Å²) in [7, 11) is 0. The van der Waals surface area contributed by atoms with E-state index in [2.05, 4.69) is 17.4 Å². The molecule has 0 aromatic heterocycles. The molecule has 0 aliphatic heterocycles. The van der Waals surface area contributed by atoms with Crippen LogP contribution < -0.4 is 5.32 Å². The molecule has 14 heavy (non-hydrogen) atoms. The first-order valence-corrected chi connectivity index (χ1v) is 5.56. The van der Waals surface area contributed by atoms with Gasteiger partial charge in [-0.25, -0.2) is 0 Å². The normalized spacial score (nSPS) is 23.4. The maximum Gasteiger partial charge on any atom is 0.122 e. The van der Waals surface area contributed by atoms with Crippen LogP contribution in [-0.4, -0.2) is 10.9 Å². The van der Waals surface area contributed by atoms with E-state index in [9.17, 15) is 0 Å². The van der Waals surface area contributed by atoms with E-state index in [0.717, 1.165) is 19.5 Å². The Hall–Kier alpha value is -0.240. The fraction of sp³-hybridized carbons (Fsp3) is 0.455. The summed E-state index contributed by atoms with van der Waals surface area (Å²) >= 11 is 11.8. The van der Waals surface area contributed by atoms with Gasteiger partial charge in [-0.3, -0.25) is 0 Å². The highest BCUT2D eigenvalue weighted by Crippen LogP contribution is 2.52. The molecule has 3 heteroatoms. The molecule has 1 aliphatic rings. The van der Waals surface area contributed by atoms with E-state index in [1.165, 1.54) is 5.56 Å². The molecule has 1 N–H and O–H groups in total. The first kappa shape index (κ1) is 10.3. The Labute approximate surface area is 94.4 Å². The van der Waals surface area contributed by atoms with Gasteiger partial charge in [0.1, 0.15) is 4.33 Å². The Morgan fingerprint density at radius 3 is 2.50 bits per heavy atom. The fourth-order valence-corrected chi connectivity index (χ4v) is 2.00. The van der Waals surface area contributed by atoms with E-state index >= 15 is 0 Å². The minimum Gasteiger partial charge on any atom is -0.312 e. The topological polar surface area (TPSA) is 12.0 Å². The molecule has 1 aliphatic carbocycles. The average molecular weight is 230 g/mol. The second-order valence-electron chi connectivity index (χ2n) is 3.78. The number of alkyl halides is 2. The van der Waals surface area contributed by atoms with Crippen molar-refractivity contribution in [2.24, 2.45) is 5.92 Å². The van der Waals surface area contributed by atoms with Gasteiger partial charge >= 0.3 is 0 Å². The SMILES string of the molecule is ClC1(Cl)CC1CNCc1ccccc1. The third-order valence-electron chi connectivity index (χ3n) is 2.52. The standard InChI is InChI=1S/C11H13Cl2N/c12-11(13)6-10(11)8-14-7-9-4-2-1-3-5-9/h1-5,10,14H,6-8H2. The lowest BCUT2D eigenvalue weighted by Gasteiger charge is -2.04.